The van der Waals surface area contributed by atoms with Gasteiger partial charge in [-0.2, -0.15) is 0 Å². The van der Waals surface area contributed by atoms with Crippen LogP contribution >= 0.6 is 0 Å². The predicted molar refractivity (Wildman–Crippen MR) is 74.2 cm³/mol. The zero-order valence-corrected chi connectivity index (χ0v) is 11.2. The van der Waals surface area contributed by atoms with Gasteiger partial charge in [-0.15, -0.1) is 0 Å². The first kappa shape index (κ1) is 12.6. The molecule has 0 bridgehead atoms. The molecule has 1 saturated carbocycles. The quantitative estimate of drug-likeness (QED) is 0.805. The van der Waals surface area contributed by atoms with Gasteiger partial charge in [0.15, 0.2) is 0 Å². The lowest BCUT2D eigenvalue weighted by molar-refractivity contribution is 0.452. The van der Waals surface area contributed by atoms with Gasteiger partial charge in [0.25, 0.3) is 0 Å². The maximum atomic E-state index is 3.68. The maximum absolute atomic E-state index is 3.68. The molecule has 1 aliphatic carbocycles. The molecule has 1 aromatic carbocycles. The second-order valence-electron chi connectivity index (χ2n) is 5.38. The molecule has 1 aliphatic rings. The van der Waals surface area contributed by atoms with Crippen LogP contribution in [0.4, 0.5) is 0 Å². The van der Waals surface area contributed by atoms with E-state index < -0.39 is 0 Å². The average Bonchev–Trinajstić information content (AvgIpc) is 2.89. The molecular weight excluding hydrogens is 206 g/mol. The highest BCUT2D eigenvalue weighted by molar-refractivity contribution is 5.24. The van der Waals surface area contributed by atoms with Crippen LogP contribution in [0.5, 0.6) is 0 Å². The van der Waals surface area contributed by atoms with Gasteiger partial charge in [-0.1, -0.05) is 44.0 Å². The molecule has 0 heterocycles. The SMILES string of the molecule is CCc1ccc(C(C)NCC2CCCC2)cc1. The van der Waals surface area contributed by atoms with E-state index in [4.69, 9.17) is 0 Å². The number of rotatable bonds is 5. The second kappa shape index (κ2) is 6.20. The lowest BCUT2D eigenvalue weighted by Gasteiger charge is -2.17. The van der Waals surface area contributed by atoms with E-state index in [9.17, 15) is 0 Å². The van der Waals surface area contributed by atoms with Crippen LogP contribution in [0.15, 0.2) is 24.3 Å². The van der Waals surface area contributed by atoms with Crippen molar-refractivity contribution in [1.82, 2.24) is 5.32 Å². The summed E-state index contributed by atoms with van der Waals surface area (Å²) in [6.07, 6.45) is 6.85. The molecule has 17 heavy (non-hydrogen) atoms. The molecule has 0 aliphatic heterocycles. The van der Waals surface area contributed by atoms with Crippen LogP contribution in [-0.2, 0) is 6.42 Å². The zero-order valence-electron chi connectivity index (χ0n) is 11.2. The Morgan fingerprint density at radius 2 is 1.82 bits per heavy atom. The van der Waals surface area contributed by atoms with Crippen LogP contribution in [0.2, 0.25) is 0 Å². The van der Waals surface area contributed by atoms with Crippen LogP contribution < -0.4 is 5.32 Å². The van der Waals surface area contributed by atoms with Gasteiger partial charge in [0, 0.05) is 6.04 Å². The molecule has 0 saturated heterocycles. The van der Waals surface area contributed by atoms with Gasteiger partial charge in [0.05, 0.1) is 0 Å². The van der Waals surface area contributed by atoms with Crippen molar-refractivity contribution in [3.63, 3.8) is 0 Å². The fraction of sp³-hybridized carbons (Fsp3) is 0.625. The minimum absolute atomic E-state index is 0.488. The summed E-state index contributed by atoms with van der Waals surface area (Å²) in [5, 5.41) is 3.68. The van der Waals surface area contributed by atoms with Crippen molar-refractivity contribution in [2.75, 3.05) is 6.54 Å². The Morgan fingerprint density at radius 1 is 1.18 bits per heavy atom. The first-order chi connectivity index (χ1) is 8.29. The van der Waals surface area contributed by atoms with Gasteiger partial charge in [-0.3, -0.25) is 0 Å². The fourth-order valence-corrected chi connectivity index (χ4v) is 2.72. The standard InChI is InChI=1S/C16H25N/c1-3-14-8-10-16(11-9-14)13(2)17-12-15-6-4-5-7-15/h8-11,13,15,17H,3-7,12H2,1-2H3. The number of nitrogens with one attached hydrogen (secondary N) is 1. The van der Waals surface area contributed by atoms with Crippen LogP contribution in [0.25, 0.3) is 0 Å². The lowest BCUT2D eigenvalue weighted by atomic mass is 10.0. The molecular formula is C16H25N. The predicted octanol–water partition coefficient (Wildman–Crippen LogP) is 4.09. The number of hydrogen-bond acceptors (Lipinski definition) is 1. The van der Waals surface area contributed by atoms with E-state index in [1.807, 2.05) is 0 Å². The average molecular weight is 231 g/mol. The largest absolute Gasteiger partial charge is 0.310 e. The maximum Gasteiger partial charge on any atom is 0.0291 e. The Hall–Kier alpha value is -0.820. The summed E-state index contributed by atoms with van der Waals surface area (Å²) in [5.41, 5.74) is 2.84. The fourth-order valence-electron chi connectivity index (χ4n) is 2.72. The first-order valence-electron chi connectivity index (χ1n) is 7.12. The van der Waals surface area contributed by atoms with Gasteiger partial charge in [-0.05, 0) is 49.8 Å². The van der Waals surface area contributed by atoms with Crippen molar-refractivity contribution in [3.05, 3.63) is 35.4 Å². The Labute approximate surface area is 106 Å². The molecule has 94 valence electrons. The summed E-state index contributed by atoms with van der Waals surface area (Å²) in [6, 6.07) is 9.53. The topological polar surface area (TPSA) is 12.0 Å². The minimum atomic E-state index is 0.488. The summed E-state index contributed by atoms with van der Waals surface area (Å²) < 4.78 is 0. The summed E-state index contributed by atoms with van der Waals surface area (Å²) in [4.78, 5) is 0. The Kier molecular flexibility index (Phi) is 4.61. The first-order valence-corrected chi connectivity index (χ1v) is 7.12. The molecule has 1 N–H and O–H groups in total. The summed E-state index contributed by atoms with van der Waals surface area (Å²) in [7, 11) is 0. The Balaban J connectivity index is 1.83. The van der Waals surface area contributed by atoms with Crippen LogP contribution in [0.1, 0.15) is 56.7 Å². The van der Waals surface area contributed by atoms with Crippen LogP contribution in [0, 0.1) is 5.92 Å². The van der Waals surface area contributed by atoms with E-state index in [0.29, 0.717) is 6.04 Å². The van der Waals surface area contributed by atoms with E-state index in [2.05, 4.69) is 43.4 Å². The van der Waals surface area contributed by atoms with Crippen molar-refractivity contribution in [2.45, 2.75) is 52.0 Å². The third kappa shape index (κ3) is 3.57. The van der Waals surface area contributed by atoms with Gasteiger partial charge in [-0.25, -0.2) is 0 Å². The number of benzene rings is 1. The van der Waals surface area contributed by atoms with Crippen LogP contribution in [0.3, 0.4) is 0 Å². The normalized spacial score (nSPS) is 18.5. The summed E-state index contributed by atoms with van der Waals surface area (Å²) >= 11 is 0. The van der Waals surface area contributed by atoms with Gasteiger partial charge >= 0.3 is 0 Å². The van der Waals surface area contributed by atoms with E-state index in [1.54, 1.807) is 0 Å². The molecule has 0 radical (unpaired) electrons. The van der Waals surface area contributed by atoms with Crippen molar-refractivity contribution in [2.24, 2.45) is 5.92 Å². The summed E-state index contributed by atoms with van der Waals surface area (Å²) in [5.74, 6) is 0.923. The van der Waals surface area contributed by atoms with Crippen molar-refractivity contribution in [1.29, 1.82) is 0 Å². The lowest BCUT2D eigenvalue weighted by Crippen LogP contribution is -2.24. The van der Waals surface area contributed by atoms with Crippen molar-refractivity contribution >= 4 is 0 Å². The number of aryl methyl sites for hydroxylation is 1. The molecule has 1 atom stereocenters. The molecule has 1 aromatic rings. The smallest absolute Gasteiger partial charge is 0.0291 e. The van der Waals surface area contributed by atoms with E-state index in [1.165, 1.54) is 43.4 Å². The van der Waals surface area contributed by atoms with Gasteiger partial charge < -0.3 is 5.32 Å². The third-order valence-electron chi connectivity index (χ3n) is 4.08. The molecule has 0 amide bonds. The second-order valence-corrected chi connectivity index (χ2v) is 5.38. The molecule has 0 spiro atoms. The molecule has 0 aromatic heterocycles. The van der Waals surface area contributed by atoms with E-state index in [0.717, 1.165) is 12.3 Å². The highest BCUT2D eigenvalue weighted by Crippen LogP contribution is 2.24. The number of hydrogen-bond donors (Lipinski definition) is 1. The Morgan fingerprint density at radius 3 is 2.41 bits per heavy atom. The monoisotopic (exact) mass is 231 g/mol. The molecule has 1 unspecified atom stereocenters. The van der Waals surface area contributed by atoms with E-state index >= 15 is 0 Å². The Bertz CT molecular complexity index is 322. The summed E-state index contributed by atoms with van der Waals surface area (Å²) in [6.45, 7) is 5.67. The molecule has 1 heteroatoms. The van der Waals surface area contributed by atoms with Crippen molar-refractivity contribution in [3.8, 4) is 0 Å². The highest BCUT2D eigenvalue weighted by Gasteiger charge is 2.15. The molecule has 1 nitrogen and oxygen atoms in total. The third-order valence-corrected chi connectivity index (χ3v) is 4.08. The zero-order chi connectivity index (χ0) is 12.1. The minimum Gasteiger partial charge on any atom is -0.310 e. The van der Waals surface area contributed by atoms with Crippen LogP contribution in [-0.4, -0.2) is 6.54 Å². The highest BCUT2D eigenvalue weighted by atomic mass is 14.9. The molecule has 1 fully saturated rings. The van der Waals surface area contributed by atoms with E-state index in [-0.39, 0.29) is 0 Å². The van der Waals surface area contributed by atoms with Crippen molar-refractivity contribution < 1.29 is 0 Å². The van der Waals surface area contributed by atoms with Gasteiger partial charge in [0.1, 0.15) is 0 Å². The molecule has 2 rings (SSSR count). The van der Waals surface area contributed by atoms with Gasteiger partial charge in [0.2, 0.25) is 0 Å².